The molecule has 1 aliphatic rings. The average molecular weight is 429 g/mol. The van der Waals surface area contributed by atoms with Gasteiger partial charge in [-0.15, -0.1) is 0 Å². The second-order valence-corrected chi connectivity index (χ2v) is 7.86. The molecule has 4 rings (SSSR count). The SMILES string of the molecule is CCN1C(=O)C(Cc2ccc(C)cc2)N=C(c2ccccc2)c2cc(OC)c(OC)cc21. The van der Waals surface area contributed by atoms with Crippen molar-refractivity contribution in [3.8, 4) is 11.5 Å². The minimum atomic E-state index is -0.530. The van der Waals surface area contributed by atoms with E-state index in [1.807, 2.05) is 49.4 Å². The molecule has 0 saturated heterocycles. The lowest BCUT2D eigenvalue weighted by Crippen LogP contribution is -2.38. The maximum atomic E-state index is 13.7. The number of benzene rings is 3. The Morgan fingerprint density at radius 1 is 0.938 bits per heavy atom. The molecule has 1 unspecified atom stereocenters. The molecular formula is C27H28N2O3. The highest BCUT2D eigenvalue weighted by molar-refractivity contribution is 6.20. The normalized spacial score (nSPS) is 15.6. The molecule has 0 bridgehead atoms. The number of rotatable bonds is 6. The molecule has 1 aliphatic heterocycles. The predicted molar refractivity (Wildman–Crippen MR) is 128 cm³/mol. The van der Waals surface area contributed by atoms with E-state index in [0.29, 0.717) is 24.5 Å². The first-order chi connectivity index (χ1) is 15.5. The fourth-order valence-corrected chi connectivity index (χ4v) is 4.09. The Balaban J connectivity index is 1.91. The molecule has 0 aromatic heterocycles. The van der Waals surface area contributed by atoms with E-state index in [4.69, 9.17) is 14.5 Å². The maximum Gasteiger partial charge on any atom is 0.252 e. The van der Waals surface area contributed by atoms with Gasteiger partial charge in [-0.05, 0) is 25.5 Å². The molecule has 0 aliphatic carbocycles. The zero-order valence-electron chi connectivity index (χ0n) is 19.0. The first kappa shape index (κ1) is 21.6. The number of fused-ring (bicyclic) bond motifs is 1. The van der Waals surface area contributed by atoms with Crippen molar-refractivity contribution in [2.24, 2.45) is 4.99 Å². The van der Waals surface area contributed by atoms with Crippen LogP contribution in [0.2, 0.25) is 0 Å². The lowest BCUT2D eigenvalue weighted by molar-refractivity contribution is -0.119. The third-order valence-corrected chi connectivity index (χ3v) is 5.80. The summed E-state index contributed by atoms with van der Waals surface area (Å²) in [7, 11) is 3.22. The van der Waals surface area contributed by atoms with Crippen molar-refractivity contribution in [3.63, 3.8) is 0 Å². The van der Waals surface area contributed by atoms with E-state index in [2.05, 4.69) is 31.2 Å². The van der Waals surface area contributed by atoms with E-state index >= 15 is 0 Å². The van der Waals surface area contributed by atoms with Crippen molar-refractivity contribution in [1.82, 2.24) is 0 Å². The summed E-state index contributed by atoms with van der Waals surface area (Å²) in [5, 5.41) is 0. The van der Waals surface area contributed by atoms with Gasteiger partial charge < -0.3 is 14.4 Å². The van der Waals surface area contributed by atoms with Crippen molar-refractivity contribution in [2.45, 2.75) is 26.3 Å². The minimum absolute atomic E-state index is 0.0209. The van der Waals surface area contributed by atoms with Crippen LogP contribution in [-0.2, 0) is 11.2 Å². The molecule has 5 nitrogen and oxygen atoms in total. The van der Waals surface area contributed by atoms with Crippen molar-refractivity contribution < 1.29 is 14.3 Å². The van der Waals surface area contributed by atoms with Crippen molar-refractivity contribution >= 4 is 17.3 Å². The summed E-state index contributed by atoms with van der Waals surface area (Å²) in [5.41, 5.74) is 5.65. The summed E-state index contributed by atoms with van der Waals surface area (Å²) < 4.78 is 11.1. The molecule has 0 spiro atoms. The highest BCUT2D eigenvalue weighted by atomic mass is 16.5. The van der Waals surface area contributed by atoms with E-state index in [-0.39, 0.29) is 5.91 Å². The van der Waals surface area contributed by atoms with Crippen LogP contribution in [-0.4, -0.2) is 38.4 Å². The Morgan fingerprint density at radius 3 is 2.22 bits per heavy atom. The van der Waals surface area contributed by atoms with E-state index in [1.165, 1.54) is 5.56 Å². The van der Waals surface area contributed by atoms with Gasteiger partial charge in [0, 0.05) is 30.2 Å². The first-order valence-corrected chi connectivity index (χ1v) is 10.8. The number of anilines is 1. The fraction of sp³-hybridized carbons (Fsp3) is 0.259. The van der Waals surface area contributed by atoms with Gasteiger partial charge >= 0.3 is 0 Å². The molecule has 0 fully saturated rings. The van der Waals surface area contributed by atoms with Crippen LogP contribution in [0.5, 0.6) is 11.5 Å². The number of ether oxygens (including phenoxy) is 2. The van der Waals surface area contributed by atoms with Gasteiger partial charge in [-0.25, -0.2) is 0 Å². The van der Waals surface area contributed by atoms with Crippen LogP contribution in [0.4, 0.5) is 5.69 Å². The Hall–Kier alpha value is -3.60. The van der Waals surface area contributed by atoms with Crippen LogP contribution in [0, 0.1) is 6.92 Å². The predicted octanol–water partition coefficient (Wildman–Crippen LogP) is 4.83. The summed E-state index contributed by atoms with van der Waals surface area (Å²) in [6, 6.07) is 21.5. The fourth-order valence-electron chi connectivity index (χ4n) is 4.09. The lowest BCUT2D eigenvalue weighted by atomic mass is 9.99. The standard InChI is InChI=1S/C27H28N2O3/c1-5-29-23-17-25(32-4)24(31-3)16-21(23)26(20-9-7-6-8-10-20)28-22(27(29)30)15-19-13-11-18(2)12-14-19/h6-14,16-17,22H,5,15H2,1-4H3. The van der Waals surface area contributed by atoms with Gasteiger partial charge in [0.05, 0.1) is 25.6 Å². The highest BCUT2D eigenvalue weighted by Crippen LogP contribution is 2.38. The largest absolute Gasteiger partial charge is 0.493 e. The number of aliphatic imine (C=N–C) groups is 1. The molecule has 32 heavy (non-hydrogen) atoms. The number of carbonyl (C=O) groups excluding carboxylic acids is 1. The van der Waals surface area contributed by atoms with Gasteiger partial charge in [-0.2, -0.15) is 0 Å². The number of methoxy groups -OCH3 is 2. The second kappa shape index (κ2) is 9.27. The smallest absolute Gasteiger partial charge is 0.252 e. The monoisotopic (exact) mass is 428 g/mol. The molecule has 0 radical (unpaired) electrons. The maximum absolute atomic E-state index is 13.7. The van der Waals surface area contributed by atoms with Crippen LogP contribution in [0.1, 0.15) is 29.2 Å². The summed E-state index contributed by atoms with van der Waals surface area (Å²) in [6.45, 7) is 4.57. The zero-order chi connectivity index (χ0) is 22.7. The van der Waals surface area contributed by atoms with Gasteiger partial charge in [-0.3, -0.25) is 9.79 Å². The van der Waals surface area contributed by atoms with E-state index in [9.17, 15) is 4.79 Å². The third-order valence-electron chi connectivity index (χ3n) is 5.80. The van der Waals surface area contributed by atoms with Crippen molar-refractivity contribution in [3.05, 3.63) is 89.0 Å². The number of benzodiazepines with no additional fused rings is 1. The Labute approximate surface area is 189 Å². The number of aryl methyl sites for hydroxylation is 1. The zero-order valence-corrected chi connectivity index (χ0v) is 19.0. The number of likely N-dealkylation sites (N-methyl/N-ethyl adjacent to an activating group) is 1. The van der Waals surface area contributed by atoms with Gasteiger partial charge in [0.15, 0.2) is 11.5 Å². The lowest BCUT2D eigenvalue weighted by Gasteiger charge is -2.25. The highest BCUT2D eigenvalue weighted by Gasteiger charge is 2.32. The Bertz CT molecular complexity index is 1140. The van der Waals surface area contributed by atoms with Crippen LogP contribution in [0.3, 0.4) is 0 Å². The van der Waals surface area contributed by atoms with Crippen LogP contribution < -0.4 is 14.4 Å². The van der Waals surface area contributed by atoms with Gasteiger partial charge in [0.2, 0.25) is 0 Å². The number of nitrogens with zero attached hydrogens (tertiary/aromatic N) is 2. The quantitative estimate of drug-likeness (QED) is 0.565. The molecule has 5 heteroatoms. The molecule has 1 heterocycles. The van der Waals surface area contributed by atoms with Crippen LogP contribution in [0.15, 0.2) is 71.7 Å². The average Bonchev–Trinajstić information content (AvgIpc) is 2.94. The first-order valence-electron chi connectivity index (χ1n) is 10.8. The summed E-state index contributed by atoms with van der Waals surface area (Å²) in [6.07, 6.45) is 0.536. The molecular weight excluding hydrogens is 400 g/mol. The van der Waals surface area contributed by atoms with Gasteiger partial charge in [0.25, 0.3) is 5.91 Å². The molecule has 164 valence electrons. The van der Waals surface area contributed by atoms with Crippen LogP contribution >= 0.6 is 0 Å². The number of hydrogen-bond acceptors (Lipinski definition) is 4. The molecule has 3 aromatic carbocycles. The molecule has 3 aromatic rings. The Morgan fingerprint density at radius 2 is 1.59 bits per heavy atom. The van der Waals surface area contributed by atoms with E-state index in [0.717, 1.165) is 28.1 Å². The van der Waals surface area contributed by atoms with Crippen molar-refractivity contribution in [1.29, 1.82) is 0 Å². The molecule has 1 atom stereocenters. The van der Waals surface area contributed by atoms with E-state index < -0.39 is 6.04 Å². The van der Waals surface area contributed by atoms with Gasteiger partial charge in [0.1, 0.15) is 6.04 Å². The third kappa shape index (κ3) is 4.11. The van der Waals surface area contributed by atoms with Gasteiger partial charge in [-0.1, -0.05) is 60.2 Å². The minimum Gasteiger partial charge on any atom is -0.493 e. The Kier molecular flexibility index (Phi) is 6.26. The van der Waals surface area contributed by atoms with Crippen LogP contribution in [0.25, 0.3) is 0 Å². The molecule has 1 amide bonds. The number of hydrogen-bond donors (Lipinski definition) is 0. The summed E-state index contributed by atoms with van der Waals surface area (Å²) in [5.74, 6) is 1.17. The summed E-state index contributed by atoms with van der Waals surface area (Å²) >= 11 is 0. The topological polar surface area (TPSA) is 51.1 Å². The summed E-state index contributed by atoms with van der Waals surface area (Å²) in [4.78, 5) is 20.5. The molecule has 0 saturated carbocycles. The van der Waals surface area contributed by atoms with E-state index in [1.54, 1.807) is 19.1 Å². The molecule has 0 N–H and O–H groups in total. The second-order valence-electron chi connectivity index (χ2n) is 7.86. The number of carbonyl (C=O) groups is 1. The number of amides is 1. The van der Waals surface area contributed by atoms with Crippen molar-refractivity contribution in [2.75, 3.05) is 25.7 Å².